The van der Waals surface area contributed by atoms with Gasteiger partial charge in [-0.1, -0.05) is 31.9 Å². The topological polar surface area (TPSA) is 48.9 Å². The number of nitrogens with zero attached hydrogens (tertiary/aromatic N) is 2. The van der Waals surface area contributed by atoms with E-state index in [4.69, 9.17) is 4.74 Å². The minimum absolute atomic E-state index is 0.704. The molecule has 5 nitrogen and oxygen atoms in total. The van der Waals surface area contributed by atoms with Crippen LogP contribution in [0.4, 0.5) is 0 Å². The fourth-order valence-corrected chi connectivity index (χ4v) is 3.31. The van der Waals surface area contributed by atoms with Crippen molar-refractivity contribution in [3.63, 3.8) is 0 Å². The summed E-state index contributed by atoms with van der Waals surface area (Å²) in [6.07, 6.45) is 4.79. The molecule has 0 aromatic heterocycles. The summed E-state index contributed by atoms with van der Waals surface area (Å²) in [6, 6.07) is 6.42. The highest BCUT2D eigenvalue weighted by molar-refractivity contribution is 5.79. The first-order chi connectivity index (χ1) is 12.6. The summed E-state index contributed by atoms with van der Waals surface area (Å²) in [5.74, 6) is 2.55. The van der Waals surface area contributed by atoms with E-state index in [1.807, 2.05) is 7.05 Å². The van der Waals surface area contributed by atoms with Crippen molar-refractivity contribution in [2.75, 3.05) is 40.3 Å². The SMILES string of the molecule is CCCCCOc1cc(C)ccc1CNC(=NC)NCC1CCN(C)C1. The Hall–Kier alpha value is -1.75. The first kappa shape index (κ1) is 20.6. The van der Waals surface area contributed by atoms with Crippen LogP contribution in [0.25, 0.3) is 0 Å². The number of ether oxygens (including phenoxy) is 1. The predicted octanol–water partition coefficient (Wildman–Crippen LogP) is 3.18. The second-order valence-corrected chi connectivity index (χ2v) is 7.39. The van der Waals surface area contributed by atoms with E-state index in [-0.39, 0.29) is 0 Å². The fraction of sp³-hybridized carbons (Fsp3) is 0.667. The van der Waals surface area contributed by atoms with Crippen molar-refractivity contribution in [1.82, 2.24) is 15.5 Å². The molecule has 1 aliphatic rings. The average Bonchev–Trinajstić information content (AvgIpc) is 3.05. The number of aliphatic imine (C=N–C) groups is 1. The summed E-state index contributed by atoms with van der Waals surface area (Å²) in [7, 11) is 4.01. The minimum atomic E-state index is 0.704. The van der Waals surface area contributed by atoms with Gasteiger partial charge in [-0.15, -0.1) is 0 Å². The smallest absolute Gasteiger partial charge is 0.191 e. The van der Waals surface area contributed by atoms with Crippen LogP contribution in [0.5, 0.6) is 5.75 Å². The number of aryl methyl sites for hydroxylation is 1. The van der Waals surface area contributed by atoms with Gasteiger partial charge < -0.3 is 20.3 Å². The Morgan fingerprint density at radius 2 is 2.15 bits per heavy atom. The molecule has 1 aliphatic heterocycles. The third-order valence-electron chi connectivity index (χ3n) is 4.95. The minimum Gasteiger partial charge on any atom is -0.493 e. The van der Waals surface area contributed by atoms with Gasteiger partial charge in [-0.2, -0.15) is 0 Å². The van der Waals surface area contributed by atoms with Crippen molar-refractivity contribution in [1.29, 1.82) is 0 Å². The summed E-state index contributed by atoms with van der Waals surface area (Å²) < 4.78 is 6.03. The quantitative estimate of drug-likeness (QED) is 0.403. The number of unbranched alkanes of at least 4 members (excludes halogenated alkanes) is 2. The number of benzene rings is 1. The zero-order valence-corrected chi connectivity index (χ0v) is 17.0. The summed E-state index contributed by atoms with van der Waals surface area (Å²) in [5.41, 5.74) is 2.41. The van der Waals surface area contributed by atoms with Crippen LogP contribution >= 0.6 is 0 Å². The van der Waals surface area contributed by atoms with Gasteiger partial charge in [0, 0.05) is 32.2 Å². The maximum absolute atomic E-state index is 6.03. The Balaban J connectivity index is 1.84. The lowest BCUT2D eigenvalue weighted by atomic mass is 10.1. The molecule has 5 heteroatoms. The molecular weight excluding hydrogens is 324 g/mol. The molecule has 1 atom stereocenters. The summed E-state index contributed by atoms with van der Waals surface area (Å²) in [5, 5.41) is 6.89. The standard InChI is InChI=1S/C21H36N4O/c1-5-6-7-12-26-20-13-17(2)8-9-19(20)15-24-21(22-3)23-14-18-10-11-25(4)16-18/h8-9,13,18H,5-7,10-12,14-16H2,1-4H3,(H2,22,23,24). The highest BCUT2D eigenvalue weighted by Gasteiger charge is 2.19. The summed E-state index contributed by atoms with van der Waals surface area (Å²) >= 11 is 0. The largest absolute Gasteiger partial charge is 0.493 e. The zero-order valence-electron chi connectivity index (χ0n) is 17.0. The van der Waals surface area contributed by atoms with E-state index in [1.165, 1.54) is 36.9 Å². The number of hydrogen-bond donors (Lipinski definition) is 2. The van der Waals surface area contributed by atoms with E-state index in [2.05, 4.69) is 59.6 Å². The Bertz CT molecular complexity index is 573. The Labute approximate surface area is 159 Å². The van der Waals surface area contributed by atoms with E-state index >= 15 is 0 Å². The molecule has 26 heavy (non-hydrogen) atoms. The molecule has 1 fully saturated rings. The van der Waals surface area contributed by atoms with Crippen molar-refractivity contribution in [3.8, 4) is 5.75 Å². The monoisotopic (exact) mass is 360 g/mol. The molecule has 1 heterocycles. The molecule has 146 valence electrons. The lowest BCUT2D eigenvalue weighted by Gasteiger charge is -2.17. The Kier molecular flexibility index (Phi) is 8.75. The van der Waals surface area contributed by atoms with Gasteiger partial charge in [-0.3, -0.25) is 4.99 Å². The second kappa shape index (κ2) is 11.1. The van der Waals surface area contributed by atoms with E-state index in [9.17, 15) is 0 Å². The van der Waals surface area contributed by atoms with Gasteiger partial charge in [0.25, 0.3) is 0 Å². The molecular formula is C21H36N4O. The van der Waals surface area contributed by atoms with Gasteiger partial charge in [0.1, 0.15) is 5.75 Å². The Morgan fingerprint density at radius 1 is 1.31 bits per heavy atom. The normalized spacial score (nSPS) is 18.2. The molecule has 0 spiro atoms. The molecule has 1 unspecified atom stereocenters. The predicted molar refractivity (Wildman–Crippen MR) is 110 cm³/mol. The first-order valence-electron chi connectivity index (χ1n) is 9.97. The van der Waals surface area contributed by atoms with E-state index < -0.39 is 0 Å². The van der Waals surface area contributed by atoms with Crippen LogP contribution in [-0.2, 0) is 6.54 Å². The number of likely N-dealkylation sites (tertiary alicyclic amines) is 1. The molecule has 0 bridgehead atoms. The van der Waals surface area contributed by atoms with Crippen LogP contribution in [0.1, 0.15) is 43.7 Å². The molecule has 0 radical (unpaired) electrons. The van der Waals surface area contributed by atoms with Gasteiger partial charge in [0.2, 0.25) is 0 Å². The van der Waals surface area contributed by atoms with Crippen molar-refractivity contribution < 1.29 is 4.74 Å². The third kappa shape index (κ3) is 6.87. The number of hydrogen-bond acceptors (Lipinski definition) is 3. The van der Waals surface area contributed by atoms with Gasteiger partial charge in [0.15, 0.2) is 5.96 Å². The summed E-state index contributed by atoms with van der Waals surface area (Å²) in [6.45, 7) is 9.15. The fourth-order valence-electron chi connectivity index (χ4n) is 3.31. The molecule has 0 amide bonds. The molecule has 1 saturated heterocycles. The van der Waals surface area contributed by atoms with Crippen molar-refractivity contribution in [2.45, 2.75) is 46.1 Å². The number of rotatable bonds is 9. The zero-order chi connectivity index (χ0) is 18.8. The van der Waals surface area contributed by atoms with Gasteiger partial charge in [0.05, 0.1) is 6.61 Å². The molecule has 2 N–H and O–H groups in total. The van der Waals surface area contributed by atoms with Gasteiger partial charge >= 0.3 is 0 Å². The molecule has 1 aromatic rings. The second-order valence-electron chi connectivity index (χ2n) is 7.39. The van der Waals surface area contributed by atoms with E-state index in [0.717, 1.165) is 37.8 Å². The average molecular weight is 361 g/mol. The highest BCUT2D eigenvalue weighted by Crippen LogP contribution is 2.21. The molecule has 2 rings (SSSR count). The lowest BCUT2D eigenvalue weighted by Crippen LogP contribution is -2.39. The van der Waals surface area contributed by atoms with Crippen LogP contribution in [0.2, 0.25) is 0 Å². The van der Waals surface area contributed by atoms with Crippen LogP contribution in [0.15, 0.2) is 23.2 Å². The van der Waals surface area contributed by atoms with Crippen molar-refractivity contribution in [2.24, 2.45) is 10.9 Å². The van der Waals surface area contributed by atoms with Crippen LogP contribution in [-0.4, -0.2) is 51.2 Å². The van der Waals surface area contributed by atoms with E-state index in [1.54, 1.807) is 0 Å². The molecule has 0 saturated carbocycles. The summed E-state index contributed by atoms with van der Waals surface area (Å²) in [4.78, 5) is 6.74. The van der Waals surface area contributed by atoms with Gasteiger partial charge in [-0.25, -0.2) is 0 Å². The lowest BCUT2D eigenvalue weighted by molar-refractivity contribution is 0.303. The maximum atomic E-state index is 6.03. The third-order valence-corrected chi connectivity index (χ3v) is 4.95. The molecule has 1 aromatic carbocycles. The van der Waals surface area contributed by atoms with Crippen LogP contribution in [0.3, 0.4) is 0 Å². The number of guanidine groups is 1. The van der Waals surface area contributed by atoms with Crippen molar-refractivity contribution in [3.05, 3.63) is 29.3 Å². The van der Waals surface area contributed by atoms with Gasteiger partial charge in [-0.05, 0) is 50.9 Å². The molecule has 0 aliphatic carbocycles. The Morgan fingerprint density at radius 3 is 2.85 bits per heavy atom. The van der Waals surface area contributed by atoms with Crippen LogP contribution in [0, 0.1) is 12.8 Å². The van der Waals surface area contributed by atoms with Crippen molar-refractivity contribution >= 4 is 5.96 Å². The highest BCUT2D eigenvalue weighted by atomic mass is 16.5. The number of nitrogens with one attached hydrogen (secondary N) is 2. The maximum Gasteiger partial charge on any atom is 0.191 e. The first-order valence-corrected chi connectivity index (χ1v) is 9.97. The van der Waals surface area contributed by atoms with Crippen LogP contribution < -0.4 is 15.4 Å². The van der Waals surface area contributed by atoms with E-state index in [0.29, 0.717) is 12.5 Å².